The number of benzene rings is 1. The molecule has 2 heterocycles. The maximum Gasteiger partial charge on any atom is 0.310 e. The summed E-state index contributed by atoms with van der Waals surface area (Å²) in [6.45, 7) is 7.36. The Morgan fingerprint density at radius 1 is 1.29 bits per heavy atom. The van der Waals surface area contributed by atoms with Gasteiger partial charge in [-0.2, -0.15) is 13.5 Å². The van der Waals surface area contributed by atoms with Crippen LogP contribution in [-0.4, -0.2) is 44.4 Å². The molecule has 1 aromatic carbocycles. The first kappa shape index (κ1) is 23.5. The van der Waals surface area contributed by atoms with Crippen LogP contribution in [-0.2, 0) is 43.0 Å². The van der Waals surface area contributed by atoms with E-state index in [2.05, 4.69) is 5.10 Å². The molecule has 1 aromatic heterocycles. The van der Waals surface area contributed by atoms with Gasteiger partial charge in [-0.25, -0.2) is 13.1 Å². The Morgan fingerprint density at radius 3 is 2.58 bits per heavy atom. The van der Waals surface area contributed by atoms with Crippen LogP contribution in [0.2, 0.25) is 0 Å². The SMILES string of the molecule is CCCS(=O)(=O)Oc1c(C(C=O)c2ccc3c(c2C)C(C)(C)CS(=O)(=O)C3)cnn1C. The van der Waals surface area contributed by atoms with E-state index in [4.69, 9.17) is 4.18 Å². The number of carbonyl (C=O) groups is 1. The summed E-state index contributed by atoms with van der Waals surface area (Å²) >= 11 is 0. The van der Waals surface area contributed by atoms with Crippen LogP contribution in [0.15, 0.2) is 18.3 Å². The molecular weight excluding hydrogens is 440 g/mol. The lowest BCUT2D eigenvalue weighted by Gasteiger charge is -2.35. The van der Waals surface area contributed by atoms with Gasteiger partial charge in [-0.3, -0.25) is 0 Å². The molecule has 3 rings (SSSR count). The lowest BCUT2D eigenvalue weighted by Crippen LogP contribution is -2.36. The molecule has 1 unspecified atom stereocenters. The maximum atomic E-state index is 12.3. The van der Waals surface area contributed by atoms with Gasteiger partial charge in [-0.15, -0.1) is 0 Å². The van der Waals surface area contributed by atoms with Crippen molar-refractivity contribution in [2.75, 3.05) is 11.5 Å². The number of aromatic nitrogens is 2. The van der Waals surface area contributed by atoms with E-state index in [0.29, 0.717) is 17.5 Å². The highest BCUT2D eigenvalue weighted by atomic mass is 32.2. The van der Waals surface area contributed by atoms with Gasteiger partial charge in [0, 0.05) is 18.0 Å². The molecule has 0 N–H and O–H groups in total. The summed E-state index contributed by atoms with van der Waals surface area (Å²) < 4.78 is 55.7. The standard InChI is InChI=1S/C21H28N2O6S2/c1-6-9-31(27,28)29-20-17(10-22-23(20)5)18(11-24)16-8-7-15-12-30(25,26)13-21(3,4)19(15)14(16)2/h7-8,10-11,18H,6,9,12-13H2,1-5H3. The largest absolute Gasteiger partial charge is 0.362 e. The zero-order valence-electron chi connectivity index (χ0n) is 18.4. The minimum atomic E-state index is -3.82. The van der Waals surface area contributed by atoms with Crippen molar-refractivity contribution in [3.05, 3.63) is 46.1 Å². The Bertz CT molecular complexity index is 1230. The van der Waals surface area contributed by atoms with Crippen LogP contribution >= 0.6 is 0 Å². The minimum Gasteiger partial charge on any atom is -0.362 e. The number of hydrogen-bond acceptors (Lipinski definition) is 7. The Kier molecular flexibility index (Phi) is 6.09. The average Bonchev–Trinajstić information content (AvgIpc) is 2.95. The van der Waals surface area contributed by atoms with Crippen LogP contribution in [0.25, 0.3) is 0 Å². The Hall–Kier alpha value is -2.20. The summed E-state index contributed by atoms with van der Waals surface area (Å²) in [4.78, 5) is 12.2. The summed E-state index contributed by atoms with van der Waals surface area (Å²) in [5.74, 6) is -0.955. The van der Waals surface area contributed by atoms with Crippen molar-refractivity contribution < 1.29 is 25.8 Å². The van der Waals surface area contributed by atoms with Gasteiger partial charge < -0.3 is 8.98 Å². The number of carbonyl (C=O) groups excluding carboxylic acids is 1. The molecule has 1 aliphatic heterocycles. The fourth-order valence-electron chi connectivity index (χ4n) is 4.58. The van der Waals surface area contributed by atoms with Crippen molar-refractivity contribution >= 4 is 26.2 Å². The second-order valence-corrected chi connectivity index (χ2v) is 12.5. The van der Waals surface area contributed by atoms with Crippen molar-refractivity contribution in [3.8, 4) is 5.88 Å². The number of sulfone groups is 1. The summed E-state index contributed by atoms with van der Waals surface area (Å²) in [5, 5.41) is 4.11. The zero-order valence-corrected chi connectivity index (χ0v) is 20.0. The number of rotatable bonds is 7. The molecule has 0 spiro atoms. The predicted octanol–water partition coefficient (Wildman–Crippen LogP) is 2.38. The topological polar surface area (TPSA) is 112 Å². The quantitative estimate of drug-likeness (QED) is 0.453. The predicted molar refractivity (Wildman–Crippen MR) is 118 cm³/mol. The van der Waals surface area contributed by atoms with Crippen molar-refractivity contribution in [2.24, 2.45) is 7.05 Å². The highest BCUT2D eigenvalue weighted by Gasteiger charge is 2.38. The molecule has 1 aliphatic rings. The van der Waals surface area contributed by atoms with Crippen LogP contribution < -0.4 is 4.18 Å². The number of aldehydes is 1. The Morgan fingerprint density at radius 2 is 1.97 bits per heavy atom. The van der Waals surface area contributed by atoms with Crippen LogP contribution in [0.4, 0.5) is 0 Å². The highest BCUT2D eigenvalue weighted by Crippen LogP contribution is 2.41. The normalized spacial score (nSPS) is 18.2. The second-order valence-electron chi connectivity index (χ2n) is 8.72. The summed E-state index contributed by atoms with van der Waals surface area (Å²) in [6.07, 6.45) is 2.57. The highest BCUT2D eigenvalue weighted by molar-refractivity contribution is 7.90. The van der Waals surface area contributed by atoms with Gasteiger partial charge in [0.25, 0.3) is 0 Å². The lowest BCUT2D eigenvalue weighted by molar-refractivity contribution is -0.108. The third kappa shape index (κ3) is 4.55. The van der Waals surface area contributed by atoms with Crippen LogP contribution in [0.3, 0.4) is 0 Å². The lowest BCUT2D eigenvalue weighted by atomic mass is 9.77. The van der Waals surface area contributed by atoms with E-state index in [1.54, 1.807) is 26.1 Å². The first-order chi connectivity index (χ1) is 14.3. The number of fused-ring (bicyclic) bond motifs is 1. The first-order valence-electron chi connectivity index (χ1n) is 10.0. The van der Waals surface area contributed by atoms with Crippen molar-refractivity contribution in [1.29, 1.82) is 0 Å². The third-order valence-electron chi connectivity index (χ3n) is 5.60. The van der Waals surface area contributed by atoms with Gasteiger partial charge in [0.1, 0.15) is 6.29 Å². The molecule has 0 amide bonds. The Labute approximate surface area is 183 Å². The molecule has 0 fully saturated rings. The van der Waals surface area contributed by atoms with E-state index in [1.165, 1.54) is 10.9 Å². The molecule has 2 aromatic rings. The third-order valence-corrected chi connectivity index (χ3v) is 8.84. The van der Waals surface area contributed by atoms with E-state index in [9.17, 15) is 21.6 Å². The van der Waals surface area contributed by atoms with Gasteiger partial charge in [-0.05, 0) is 35.6 Å². The zero-order chi connectivity index (χ0) is 23.2. The Balaban J connectivity index is 2.14. The van der Waals surface area contributed by atoms with Gasteiger partial charge in [-0.1, -0.05) is 32.9 Å². The van der Waals surface area contributed by atoms with Crippen LogP contribution in [0.1, 0.15) is 60.9 Å². The van der Waals surface area contributed by atoms with Gasteiger partial charge in [0.15, 0.2) is 9.84 Å². The smallest absolute Gasteiger partial charge is 0.310 e. The summed E-state index contributed by atoms with van der Waals surface area (Å²) in [7, 11) is -5.48. The molecule has 0 saturated carbocycles. The summed E-state index contributed by atoms with van der Waals surface area (Å²) in [6, 6.07) is 3.48. The van der Waals surface area contributed by atoms with Gasteiger partial charge >= 0.3 is 10.1 Å². The van der Waals surface area contributed by atoms with E-state index < -0.39 is 31.3 Å². The fourth-order valence-corrected chi connectivity index (χ4v) is 7.67. The van der Waals surface area contributed by atoms with E-state index >= 15 is 0 Å². The van der Waals surface area contributed by atoms with Crippen LogP contribution in [0.5, 0.6) is 5.88 Å². The second kappa shape index (κ2) is 8.05. The van der Waals surface area contributed by atoms with E-state index in [1.807, 2.05) is 20.8 Å². The molecule has 0 saturated heterocycles. The van der Waals surface area contributed by atoms with E-state index in [-0.39, 0.29) is 23.1 Å². The summed E-state index contributed by atoms with van der Waals surface area (Å²) in [5.41, 5.74) is 2.87. The fraction of sp³-hybridized carbons (Fsp3) is 0.524. The van der Waals surface area contributed by atoms with Crippen molar-refractivity contribution in [2.45, 2.75) is 51.2 Å². The van der Waals surface area contributed by atoms with E-state index in [0.717, 1.165) is 23.0 Å². The molecule has 8 nitrogen and oxygen atoms in total. The number of aryl methyl sites for hydroxylation is 1. The number of hydrogen-bond donors (Lipinski definition) is 0. The monoisotopic (exact) mass is 468 g/mol. The minimum absolute atomic E-state index is 0.00417. The van der Waals surface area contributed by atoms with Crippen molar-refractivity contribution in [3.63, 3.8) is 0 Å². The first-order valence-corrected chi connectivity index (χ1v) is 13.4. The van der Waals surface area contributed by atoms with Crippen LogP contribution in [0, 0.1) is 6.92 Å². The number of nitrogens with zero attached hydrogens (tertiary/aromatic N) is 2. The molecule has 10 heteroatoms. The van der Waals surface area contributed by atoms with Gasteiger partial charge in [0.2, 0.25) is 5.88 Å². The van der Waals surface area contributed by atoms with Gasteiger partial charge in [0.05, 0.1) is 29.4 Å². The molecule has 0 aliphatic carbocycles. The average molecular weight is 469 g/mol. The maximum absolute atomic E-state index is 12.3. The molecular formula is C21H28N2O6S2. The molecule has 31 heavy (non-hydrogen) atoms. The molecule has 0 bridgehead atoms. The van der Waals surface area contributed by atoms with Crippen molar-refractivity contribution in [1.82, 2.24) is 9.78 Å². The molecule has 170 valence electrons. The molecule has 1 atom stereocenters. The molecule has 0 radical (unpaired) electrons.